The highest BCUT2D eigenvalue weighted by molar-refractivity contribution is 6.36. The first-order valence-corrected chi connectivity index (χ1v) is 13.2. The molecule has 40 heavy (non-hydrogen) atoms. The van der Waals surface area contributed by atoms with Crippen molar-refractivity contribution in [1.29, 1.82) is 0 Å². The topological polar surface area (TPSA) is 98.6 Å². The summed E-state index contributed by atoms with van der Waals surface area (Å²) in [5.74, 6) is -0.519. The summed E-state index contributed by atoms with van der Waals surface area (Å²) in [7, 11) is 0. The highest BCUT2D eigenvalue weighted by Gasteiger charge is 2.33. The van der Waals surface area contributed by atoms with Crippen LogP contribution in [0.4, 0.5) is 19.1 Å². The zero-order valence-electron chi connectivity index (χ0n) is 21.4. The van der Waals surface area contributed by atoms with Crippen LogP contribution >= 0.6 is 11.6 Å². The molecule has 5 rings (SSSR count). The molecule has 13 heteroatoms. The van der Waals surface area contributed by atoms with Gasteiger partial charge in [0.15, 0.2) is 0 Å². The van der Waals surface area contributed by atoms with Crippen molar-refractivity contribution in [2.75, 3.05) is 31.6 Å². The number of hydrogen-bond acceptors (Lipinski definition) is 6. The first-order valence-electron chi connectivity index (χ1n) is 12.9. The van der Waals surface area contributed by atoms with Crippen molar-refractivity contribution in [2.24, 2.45) is 0 Å². The lowest BCUT2D eigenvalue weighted by atomic mass is 10.1. The van der Waals surface area contributed by atoms with Crippen LogP contribution in [0.25, 0.3) is 11.0 Å². The Labute approximate surface area is 232 Å². The summed E-state index contributed by atoms with van der Waals surface area (Å²) < 4.78 is 52.9. The predicted octanol–water partition coefficient (Wildman–Crippen LogP) is 5.26. The number of nitrogens with zero attached hydrogens (tertiary/aromatic N) is 4. The Kier molecular flexibility index (Phi) is 7.99. The minimum atomic E-state index is -4.71. The minimum Gasteiger partial charge on any atom is -0.486 e. The van der Waals surface area contributed by atoms with Crippen LogP contribution in [0.15, 0.2) is 43.1 Å². The van der Waals surface area contributed by atoms with E-state index in [4.69, 9.17) is 21.1 Å². The third-order valence-corrected chi connectivity index (χ3v) is 7.34. The van der Waals surface area contributed by atoms with Crippen molar-refractivity contribution in [3.63, 3.8) is 0 Å². The third kappa shape index (κ3) is 5.78. The van der Waals surface area contributed by atoms with E-state index in [-0.39, 0.29) is 34.6 Å². The molecule has 2 fully saturated rings. The van der Waals surface area contributed by atoms with Crippen LogP contribution in [-0.4, -0.2) is 63.7 Å². The van der Waals surface area contributed by atoms with Crippen molar-refractivity contribution < 1.29 is 32.2 Å². The molecule has 0 spiro atoms. The predicted molar refractivity (Wildman–Crippen MR) is 141 cm³/mol. The number of halogens is 4. The Morgan fingerprint density at radius 2 is 2.05 bits per heavy atom. The second kappa shape index (κ2) is 11.5. The van der Waals surface area contributed by atoms with Gasteiger partial charge in [0.25, 0.3) is 5.91 Å². The Morgan fingerprint density at radius 1 is 1.23 bits per heavy atom. The van der Waals surface area contributed by atoms with Gasteiger partial charge in [-0.2, -0.15) is 13.2 Å². The molecule has 1 N–H and O–H groups in total. The maximum absolute atomic E-state index is 13.2. The molecule has 2 aliphatic heterocycles. The van der Waals surface area contributed by atoms with Gasteiger partial charge < -0.3 is 18.9 Å². The number of fused-ring (bicyclic) bond motifs is 1. The van der Waals surface area contributed by atoms with E-state index in [2.05, 4.69) is 21.9 Å². The summed E-state index contributed by atoms with van der Waals surface area (Å²) in [6, 6.07) is 4.91. The van der Waals surface area contributed by atoms with Gasteiger partial charge in [-0.3, -0.25) is 19.9 Å². The van der Waals surface area contributed by atoms with Crippen molar-refractivity contribution in [3.05, 3.63) is 59.4 Å². The normalized spacial score (nSPS) is 19.9. The number of nitrogens with one attached hydrogen (secondary N) is 1. The summed E-state index contributed by atoms with van der Waals surface area (Å²) in [4.78, 5) is 35.3. The van der Waals surface area contributed by atoms with Crippen molar-refractivity contribution in [3.8, 4) is 5.75 Å². The molecular weight excluding hydrogens is 551 g/mol. The highest BCUT2D eigenvalue weighted by Crippen LogP contribution is 2.39. The van der Waals surface area contributed by atoms with E-state index >= 15 is 0 Å². The van der Waals surface area contributed by atoms with E-state index in [0.717, 1.165) is 19.0 Å². The second-order valence-corrected chi connectivity index (χ2v) is 10.1. The number of hydrogen-bond donors (Lipinski definition) is 1. The Morgan fingerprint density at radius 3 is 2.77 bits per heavy atom. The standard InChI is InChI=1S/C27H27ClF3N5O4/c1-2-22(37)35-11-4-3-5-17(14-35)36-24-19(6-7-20(23(24)28)40-18-9-12-39-15-18)33-26(36)34-25(38)16-8-10-32-21(13-16)27(29,30)31/h2,6-8,10,13,17-18H,1,3-5,9,11-12,14-15H2,(H,33,34,38)/t17?,18-/m0/s1. The molecule has 0 bridgehead atoms. The second-order valence-electron chi connectivity index (χ2n) is 9.67. The van der Waals surface area contributed by atoms with Crippen LogP contribution in [-0.2, 0) is 15.7 Å². The summed E-state index contributed by atoms with van der Waals surface area (Å²) in [5.41, 5.74) is -0.484. The lowest BCUT2D eigenvalue weighted by Gasteiger charge is -2.26. The van der Waals surface area contributed by atoms with Crippen LogP contribution in [0.2, 0.25) is 5.02 Å². The molecule has 9 nitrogen and oxygen atoms in total. The fraction of sp³-hybridized carbons (Fsp3) is 0.407. The number of likely N-dealkylation sites (tertiary alicyclic amines) is 1. The van der Waals surface area contributed by atoms with Crippen LogP contribution < -0.4 is 10.1 Å². The number of ether oxygens (including phenoxy) is 2. The molecule has 4 heterocycles. The van der Waals surface area contributed by atoms with Gasteiger partial charge in [-0.1, -0.05) is 18.2 Å². The van der Waals surface area contributed by atoms with Gasteiger partial charge >= 0.3 is 6.18 Å². The number of carbonyl (C=O) groups is 2. The fourth-order valence-corrected chi connectivity index (χ4v) is 5.30. The Hall–Kier alpha value is -3.64. The van der Waals surface area contributed by atoms with Crippen molar-refractivity contribution >= 4 is 40.4 Å². The van der Waals surface area contributed by atoms with Gasteiger partial charge in [0.05, 0.1) is 30.3 Å². The highest BCUT2D eigenvalue weighted by atomic mass is 35.5. The molecular formula is C27H27ClF3N5O4. The number of imidazole rings is 1. The van der Waals surface area contributed by atoms with Crippen LogP contribution in [0, 0.1) is 0 Å². The molecule has 0 saturated carbocycles. The lowest BCUT2D eigenvalue weighted by molar-refractivity contribution is -0.141. The van der Waals surface area contributed by atoms with E-state index in [0.29, 0.717) is 62.0 Å². The number of anilines is 1. The number of carbonyl (C=O) groups excluding carboxylic acids is 2. The molecule has 0 aliphatic carbocycles. The maximum Gasteiger partial charge on any atom is 0.433 e. The number of pyridine rings is 1. The van der Waals surface area contributed by atoms with Gasteiger partial charge in [0.1, 0.15) is 22.6 Å². The number of rotatable bonds is 6. The van der Waals surface area contributed by atoms with E-state index in [9.17, 15) is 22.8 Å². The molecule has 2 aliphatic rings. The SMILES string of the molecule is C=CC(=O)N1CCCCC(n2c(NC(=O)c3ccnc(C(F)(F)F)c3)nc3ccc(O[C@H]4CCOC4)c(Cl)c32)C1. The number of aromatic nitrogens is 3. The number of benzene rings is 1. The molecule has 1 unspecified atom stereocenters. The smallest absolute Gasteiger partial charge is 0.433 e. The lowest BCUT2D eigenvalue weighted by Crippen LogP contribution is -2.34. The average molecular weight is 578 g/mol. The van der Waals surface area contributed by atoms with E-state index in [1.165, 1.54) is 12.1 Å². The summed E-state index contributed by atoms with van der Waals surface area (Å²) in [6.07, 6.45) is 0.205. The molecule has 2 saturated heterocycles. The monoisotopic (exact) mass is 577 g/mol. The van der Waals surface area contributed by atoms with E-state index in [1.807, 2.05) is 0 Å². The van der Waals surface area contributed by atoms with Crippen LogP contribution in [0.5, 0.6) is 5.75 Å². The quantitative estimate of drug-likeness (QED) is 0.401. The van der Waals surface area contributed by atoms with Gasteiger partial charge in [0, 0.05) is 31.3 Å². The van der Waals surface area contributed by atoms with Crippen molar-refractivity contribution in [2.45, 2.75) is 44.0 Å². The first-order chi connectivity index (χ1) is 19.2. The van der Waals surface area contributed by atoms with Crippen molar-refractivity contribution in [1.82, 2.24) is 19.4 Å². The van der Waals surface area contributed by atoms with E-state index in [1.54, 1.807) is 21.6 Å². The first kappa shape index (κ1) is 27.9. The summed E-state index contributed by atoms with van der Waals surface area (Å²) in [5, 5.41) is 2.94. The Bertz CT molecular complexity index is 1440. The molecule has 1 aromatic carbocycles. The number of alkyl halides is 3. The minimum absolute atomic E-state index is 0.0894. The fourth-order valence-electron chi connectivity index (χ4n) is 5.01. The van der Waals surface area contributed by atoms with Gasteiger partial charge in [-0.05, 0) is 49.6 Å². The average Bonchev–Trinajstić information content (AvgIpc) is 3.50. The van der Waals surface area contributed by atoms with Gasteiger partial charge in [0.2, 0.25) is 11.9 Å². The summed E-state index contributed by atoms with van der Waals surface area (Å²) >= 11 is 6.88. The summed E-state index contributed by atoms with van der Waals surface area (Å²) in [6.45, 7) is 5.44. The van der Waals surface area contributed by atoms with Crippen LogP contribution in [0.3, 0.4) is 0 Å². The third-order valence-electron chi connectivity index (χ3n) is 6.97. The van der Waals surface area contributed by atoms with E-state index < -0.39 is 17.8 Å². The molecule has 3 aromatic rings. The van der Waals surface area contributed by atoms with Gasteiger partial charge in [-0.25, -0.2) is 4.98 Å². The number of amides is 2. The largest absolute Gasteiger partial charge is 0.486 e. The van der Waals surface area contributed by atoms with Gasteiger partial charge in [-0.15, -0.1) is 0 Å². The molecule has 2 atom stereocenters. The molecule has 2 amide bonds. The zero-order chi connectivity index (χ0) is 28.4. The maximum atomic E-state index is 13.2. The molecule has 2 aromatic heterocycles. The molecule has 212 valence electrons. The Balaban J connectivity index is 1.57. The molecule has 0 radical (unpaired) electrons. The zero-order valence-corrected chi connectivity index (χ0v) is 22.2. The van der Waals surface area contributed by atoms with Crippen LogP contribution in [0.1, 0.15) is 47.8 Å².